The molecule has 1 aromatic rings. The van der Waals surface area contributed by atoms with Crippen molar-refractivity contribution in [2.45, 2.75) is 32.5 Å². The molecule has 1 aromatic carbocycles. The highest BCUT2D eigenvalue weighted by Crippen LogP contribution is 2.40. The van der Waals surface area contributed by atoms with Gasteiger partial charge < -0.3 is 14.6 Å². The summed E-state index contributed by atoms with van der Waals surface area (Å²) in [5.41, 5.74) is -0.121. The quantitative estimate of drug-likeness (QED) is 0.863. The Morgan fingerprint density at radius 3 is 2.24 bits per heavy atom. The third-order valence-corrected chi connectivity index (χ3v) is 2.80. The average Bonchev–Trinajstić information content (AvgIpc) is 2.26. The number of alkyl halides is 1. The molecule has 0 aliphatic carbocycles. The van der Waals surface area contributed by atoms with E-state index in [4.69, 9.17) is 9.47 Å². The molecule has 0 saturated carbocycles. The minimum absolute atomic E-state index is 0.446. The normalized spacial score (nSPS) is 16.8. The highest BCUT2D eigenvalue weighted by Gasteiger charge is 2.26. The standard InChI is InChI=1S/C13H17FO3/c1-8(14)9-6-11-12(17-5-4-16-11)7-10(9)13(2,3)15/h6-8,15H,4-5H2,1-3H3. The molecule has 0 spiro atoms. The van der Waals surface area contributed by atoms with Crippen molar-refractivity contribution in [2.24, 2.45) is 0 Å². The summed E-state index contributed by atoms with van der Waals surface area (Å²) in [6.45, 7) is 5.65. The molecule has 0 aromatic heterocycles. The van der Waals surface area contributed by atoms with Gasteiger partial charge in [0.1, 0.15) is 19.4 Å². The van der Waals surface area contributed by atoms with Crippen molar-refractivity contribution in [2.75, 3.05) is 13.2 Å². The Bertz CT molecular complexity index is 421. The molecule has 1 unspecified atom stereocenters. The molecule has 0 saturated heterocycles. The maximum Gasteiger partial charge on any atom is 0.161 e. The van der Waals surface area contributed by atoms with Crippen LogP contribution in [0.1, 0.15) is 38.1 Å². The second-order valence-electron chi connectivity index (χ2n) is 4.76. The third kappa shape index (κ3) is 2.36. The fourth-order valence-corrected chi connectivity index (χ4v) is 1.96. The topological polar surface area (TPSA) is 38.7 Å². The smallest absolute Gasteiger partial charge is 0.161 e. The first-order chi connectivity index (χ1) is 7.89. The zero-order valence-corrected chi connectivity index (χ0v) is 10.3. The summed E-state index contributed by atoms with van der Waals surface area (Å²) in [5, 5.41) is 10.1. The molecular weight excluding hydrogens is 223 g/mol. The monoisotopic (exact) mass is 240 g/mol. The van der Waals surface area contributed by atoms with Crippen LogP contribution in [0, 0.1) is 0 Å². The Hall–Kier alpha value is -1.29. The Morgan fingerprint density at radius 2 is 1.76 bits per heavy atom. The maximum atomic E-state index is 13.6. The first-order valence-corrected chi connectivity index (χ1v) is 5.70. The number of benzene rings is 1. The van der Waals surface area contributed by atoms with Crippen molar-refractivity contribution in [3.63, 3.8) is 0 Å². The van der Waals surface area contributed by atoms with Gasteiger partial charge in [0, 0.05) is 0 Å². The van der Waals surface area contributed by atoms with Crippen molar-refractivity contribution in [3.05, 3.63) is 23.3 Å². The minimum atomic E-state index is -1.16. The van der Waals surface area contributed by atoms with E-state index in [9.17, 15) is 9.50 Å². The van der Waals surface area contributed by atoms with E-state index < -0.39 is 11.8 Å². The number of halogens is 1. The lowest BCUT2D eigenvalue weighted by Gasteiger charge is -2.26. The largest absolute Gasteiger partial charge is 0.486 e. The fourth-order valence-electron chi connectivity index (χ4n) is 1.96. The number of rotatable bonds is 2. The molecule has 1 N–H and O–H groups in total. The number of aliphatic hydroxyl groups is 1. The molecule has 0 fully saturated rings. The summed E-state index contributed by atoms with van der Waals surface area (Å²) >= 11 is 0. The van der Waals surface area contributed by atoms with Crippen LogP contribution in [0.25, 0.3) is 0 Å². The summed E-state index contributed by atoms with van der Waals surface area (Å²) in [7, 11) is 0. The van der Waals surface area contributed by atoms with Crippen LogP contribution in [0.15, 0.2) is 12.1 Å². The molecule has 1 aliphatic rings. The van der Waals surface area contributed by atoms with Crippen LogP contribution in [0.3, 0.4) is 0 Å². The van der Waals surface area contributed by atoms with Crippen molar-refractivity contribution in [1.82, 2.24) is 0 Å². The van der Waals surface area contributed by atoms with Gasteiger partial charge in [0.2, 0.25) is 0 Å². The zero-order chi connectivity index (χ0) is 12.6. The van der Waals surface area contributed by atoms with Gasteiger partial charge in [-0.25, -0.2) is 4.39 Å². The third-order valence-electron chi connectivity index (χ3n) is 2.80. The van der Waals surface area contributed by atoms with Crippen LogP contribution >= 0.6 is 0 Å². The Kier molecular flexibility index (Phi) is 3.00. The van der Waals surface area contributed by atoms with Gasteiger partial charge in [-0.2, -0.15) is 0 Å². The molecule has 1 heterocycles. The second kappa shape index (κ2) is 4.18. The summed E-state index contributed by atoms with van der Waals surface area (Å²) in [4.78, 5) is 0. The first kappa shape index (κ1) is 12.2. The van der Waals surface area contributed by atoms with E-state index in [1.165, 1.54) is 6.92 Å². The summed E-state index contributed by atoms with van der Waals surface area (Å²) < 4.78 is 24.4. The first-order valence-electron chi connectivity index (χ1n) is 5.70. The van der Waals surface area contributed by atoms with Gasteiger partial charge in [-0.15, -0.1) is 0 Å². The van der Waals surface area contributed by atoms with E-state index in [1.807, 2.05) is 0 Å². The van der Waals surface area contributed by atoms with Gasteiger partial charge in [-0.1, -0.05) is 0 Å². The molecule has 4 heteroatoms. The van der Waals surface area contributed by atoms with E-state index in [0.29, 0.717) is 35.8 Å². The maximum absolute atomic E-state index is 13.6. The molecule has 1 atom stereocenters. The minimum Gasteiger partial charge on any atom is -0.486 e. The van der Waals surface area contributed by atoms with Crippen molar-refractivity contribution < 1.29 is 19.0 Å². The lowest BCUT2D eigenvalue weighted by Crippen LogP contribution is -2.21. The summed E-state index contributed by atoms with van der Waals surface area (Å²) in [6, 6.07) is 3.28. The predicted molar refractivity (Wildman–Crippen MR) is 62.2 cm³/mol. The van der Waals surface area contributed by atoms with Crippen molar-refractivity contribution in [1.29, 1.82) is 0 Å². The molecule has 1 aliphatic heterocycles. The number of hydrogen-bond acceptors (Lipinski definition) is 3. The van der Waals surface area contributed by atoms with Crippen LogP contribution in [-0.2, 0) is 5.60 Å². The van der Waals surface area contributed by atoms with Gasteiger partial charge in [-0.3, -0.25) is 0 Å². The highest BCUT2D eigenvalue weighted by atomic mass is 19.1. The SMILES string of the molecule is CC(F)c1cc2c(cc1C(C)(C)O)OCCO2. The molecule has 0 bridgehead atoms. The average molecular weight is 240 g/mol. The molecule has 0 amide bonds. The molecule has 0 radical (unpaired) electrons. The number of fused-ring (bicyclic) bond motifs is 1. The fraction of sp³-hybridized carbons (Fsp3) is 0.538. The molecule has 94 valence electrons. The number of hydrogen-bond donors (Lipinski definition) is 1. The van der Waals surface area contributed by atoms with Crippen molar-refractivity contribution in [3.8, 4) is 11.5 Å². The Labute approximate surface area is 100 Å². The lowest BCUT2D eigenvalue weighted by atomic mass is 9.90. The van der Waals surface area contributed by atoms with Crippen LogP contribution in [0.4, 0.5) is 4.39 Å². The van der Waals surface area contributed by atoms with Crippen molar-refractivity contribution >= 4 is 0 Å². The van der Waals surface area contributed by atoms with Crippen LogP contribution in [0.2, 0.25) is 0 Å². The molecule has 17 heavy (non-hydrogen) atoms. The van der Waals surface area contributed by atoms with Crippen LogP contribution < -0.4 is 9.47 Å². The molecule has 3 nitrogen and oxygen atoms in total. The van der Waals surface area contributed by atoms with Gasteiger partial charge in [-0.05, 0) is 44.0 Å². The van der Waals surface area contributed by atoms with E-state index in [2.05, 4.69) is 0 Å². The van der Waals surface area contributed by atoms with Gasteiger partial charge >= 0.3 is 0 Å². The van der Waals surface area contributed by atoms with Gasteiger partial charge in [0.15, 0.2) is 11.5 Å². The van der Waals surface area contributed by atoms with Crippen LogP contribution in [-0.4, -0.2) is 18.3 Å². The molecular formula is C13H17FO3. The van der Waals surface area contributed by atoms with Crippen LogP contribution in [0.5, 0.6) is 11.5 Å². The van der Waals surface area contributed by atoms with E-state index in [-0.39, 0.29) is 0 Å². The second-order valence-corrected chi connectivity index (χ2v) is 4.76. The highest BCUT2D eigenvalue weighted by molar-refractivity contribution is 5.50. The van der Waals surface area contributed by atoms with E-state index >= 15 is 0 Å². The Balaban J connectivity index is 2.56. The summed E-state index contributed by atoms with van der Waals surface area (Å²) in [6.07, 6.45) is -1.16. The van der Waals surface area contributed by atoms with E-state index in [1.54, 1.807) is 26.0 Å². The Morgan fingerprint density at radius 1 is 1.24 bits per heavy atom. The zero-order valence-electron chi connectivity index (χ0n) is 10.3. The molecule has 2 rings (SSSR count). The predicted octanol–water partition coefficient (Wildman–Crippen LogP) is 2.72. The van der Waals surface area contributed by atoms with Gasteiger partial charge in [0.25, 0.3) is 0 Å². The van der Waals surface area contributed by atoms with E-state index in [0.717, 1.165) is 0 Å². The number of ether oxygens (including phenoxy) is 2. The lowest BCUT2D eigenvalue weighted by molar-refractivity contribution is 0.0750. The van der Waals surface area contributed by atoms with Gasteiger partial charge in [0.05, 0.1) is 5.60 Å². The summed E-state index contributed by atoms with van der Waals surface area (Å²) in [5.74, 6) is 1.11.